The molecular formula is C23H23F2N6+. The SMILES string of the molecule is CCNCc1cncc(-c2ccc(N)c(C(=[NH2+])c3nc4c(F)cc(F)cc4[nH]3)c2)c1C. The Kier molecular flexibility index (Phi) is 5.48. The number of pyridine rings is 1. The molecule has 0 aliphatic carbocycles. The molecule has 158 valence electrons. The van der Waals surface area contributed by atoms with E-state index in [1.54, 1.807) is 12.3 Å². The first-order valence-corrected chi connectivity index (χ1v) is 9.91. The minimum absolute atomic E-state index is 0.0187. The summed E-state index contributed by atoms with van der Waals surface area (Å²) in [6.45, 7) is 5.68. The number of nitrogens with zero attached hydrogens (tertiary/aromatic N) is 2. The number of halogens is 2. The fourth-order valence-corrected chi connectivity index (χ4v) is 3.55. The maximum atomic E-state index is 14.1. The van der Waals surface area contributed by atoms with Crippen LogP contribution in [0.15, 0.2) is 42.7 Å². The molecule has 2 aromatic heterocycles. The van der Waals surface area contributed by atoms with E-state index in [9.17, 15) is 8.78 Å². The van der Waals surface area contributed by atoms with Gasteiger partial charge in [0.05, 0.1) is 11.1 Å². The number of nitrogen functional groups attached to an aromatic ring is 1. The van der Waals surface area contributed by atoms with E-state index in [1.165, 1.54) is 6.07 Å². The Labute approximate surface area is 178 Å². The lowest BCUT2D eigenvalue weighted by molar-refractivity contribution is -0.112. The summed E-state index contributed by atoms with van der Waals surface area (Å²) >= 11 is 0. The summed E-state index contributed by atoms with van der Waals surface area (Å²) in [4.78, 5) is 11.5. The van der Waals surface area contributed by atoms with Gasteiger partial charge < -0.3 is 16.0 Å². The van der Waals surface area contributed by atoms with Gasteiger partial charge in [0, 0.05) is 36.3 Å². The molecule has 6 nitrogen and oxygen atoms in total. The molecule has 4 rings (SSSR count). The number of hydrogen-bond acceptors (Lipinski definition) is 4. The lowest BCUT2D eigenvalue weighted by Gasteiger charge is -2.12. The van der Waals surface area contributed by atoms with Crippen molar-refractivity contribution in [1.29, 1.82) is 0 Å². The molecule has 0 spiro atoms. The highest BCUT2D eigenvalue weighted by molar-refractivity contribution is 6.11. The normalized spacial score (nSPS) is 11.2. The molecule has 0 aliphatic heterocycles. The summed E-state index contributed by atoms with van der Waals surface area (Å²) in [6, 6.07) is 7.48. The van der Waals surface area contributed by atoms with E-state index in [4.69, 9.17) is 11.1 Å². The number of rotatable bonds is 6. The largest absolute Gasteiger partial charge is 0.398 e. The number of H-pyrrole nitrogens is 1. The fraction of sp³-hybridized carbons (Fsp3) is 0.174. The Morgan fingerprint density at radius 3 is 2.77 bits per heavy atom. The first-order valence-electron chi connectivity index (χ1n) is 9.91. The van der Waals surface area contributed by atoms with Crippen molar-refractivity contribution in [3.63, 3.8) is 0 Å². The topological polar surface area (TPSA) is 105 Å². The number of anilines is 1. The molecule has 0 saturated carbocycles. The van der Waals surface area contributed by atoms with E-state index in [1.807, 2.05) is 25.3 Å². The number of hydrogen-bond donors (Lipinski definition) is 4. The Morgan fingerprint density at radius 1 is 1.19 bits per heavy atom. The zero-order valence-electron chi connectivity index (χ0n) is 17.3. The van der Waals surface area contributed by atoms with E-state index in [0.717, 1.165) is 41.4 Å². The Morgan fingerprint density at radius 2 is 2.00 bits per heavy atom. The van der Waals surface area contributed by atoms with Crippen molar-refractivity contribution >= 4 is 22.4 Å². The third kappa shape index (κ3) is 3.89. The van der Waals surface area contributed by atoms with Crippen molar-refractivity contribution < 1.29 is 14.2 Å². The second-order valence-corrected chi connectivity index (χ2v) is 7.34. The summed E-state index contributed by atoms with van der Waals surface area (Å²) in [5, 5.41) is 9.66. The molecule has 0 fully saturated rings. The minimum atomic E-state index is -0.758. The number of aromatic amines is 1. The van der Waals surface area contributed by atoms with Crippen LogP contribution in [0.1, 0.15) is 29.4 Å². The summed E-state index contributed by atoms with van der Waals surface area (Å²) in [6.07, 6.45) is 3.65. The standard InChI is InChI=1S/C23H22F2N6/c1-3-28-9-14-10-29-11-17(12(14)2)13-4-5-19(26)16(6-13)21(27)23-30-20-8-15(24)7-18(25)22(20)31-23/h4-8,10-11,27-28H,3,9,26H2,1-2H3,(H,30,31)/p+1. The average molecular weight is 421 g/mol. The van der Waals surface area contributed by atoms with Crippen molar-refractivity contribution in [2.24, 2.45) is 0 Å². The Bertz CT molecular complexity index is 1290. The highest BCUT2D eigenvalue weighted by atomic mass is 19.1. The highest BCUT2D eigenvalue weighted by Gasteiger charge is 2.21. The number of nitrogens with one attached hydrogen (secondary N) is 2. The van der Waals surface area contributed by atoms with Crippen LogP contribution in [-0.2, 0) is 6.54 Å². The summed E-state index contributed by atoms with van der Waals surface area (Å²) in [5.41, 5.74) is 11.7. The average Bonchev–Trinajstić information content (AvgIpc) is 3.17. The molecule has 0 bridgehead atoms. The lowest BCUT2D eigenvalue weighted by Crippen LogP contribution is -2.42. The van der Waals surface area contributed by atoms with Crippen LogP contribution in [0.5, 0.6) is 0 Å². The Hall–Kier alpha value is -3.65. The number of imidazole rings is 1. The van der Waals surface area contributed by atoms with Crippen LogP contribution in [0, 0.1) is 18.6 Å². The van der Waals surface area contributed by atoms with E-state index in [-0.39, 0.29) is 22.6 Å². The third-order valence-corrected chi connectivity index (χ3v) is 5.30. The van der Waals surface area contributed by atoms with Crippen LogP contribution in [-0.4, -0.2) is 27.2 Å². The van der Waals surface area contributed by atoms with Gasteiger partial charge in [-0.25, -0.2) is 13.8 Å². The van der Waals surface area contributed by atoms with Crippen LogP contribution in [0.3, 0.4) is 0 Å². The fourth-order valence-electron chi connectivity index (χ4n) is 3.55. The van der Waals surface area contributed by atoms with Crippen molar-refractivity contribution in [2.45, 2.75) is 20.4 Å². The molecule has 0 amide bonds. The number of aromatic nitrogens is 3. The van der Waals surface area contributed by atoms with Gasteiger partial charge in [0.1, 0.15) is 11.3 Å². The molecule has 8 heteroatoms. The van der Waals surface area contributed by atoms with Crippen LogP contribution in [0.2, 0.25) is 0 Å². The molecule has 0 atom stereocenters. The van der Waals surface area contributed by atoms with Gasteiger partial charge in [-0.1, -0.05) is 13.0 Å². The third-order valence-electron chi connectivity index (χ3n) is 5.30. The van der Waals surface area contributed by atoms with E-state index < -0.39 is 11.6 Å². The maximum absolute atomic E-state index is 14.1. The van der Waals surface area contributed by atoms with Crippen LogP contribution >= 0.6 is 0 Å². The molecule has 0 saturated heterocycles. The molecule has 0 unspecified atom stereocenters. The van der Waals surface area contributed by atoms with Crippen molar-refractivity contribution in [1.82, 2.24) is 20.3 Å². The Balaban J connectivity index is 1.75. The number of nitrogens with two attached hydrogens (primary N) is 2. The number of fused-ring (bicyclic) bond motifs is 1. The number of benzene rings is 2. The first-order chi connectivity index (χ1) is 14.9. The maximum Gasteiger partial charge on any atom is 0.249 e. The summed E-state index contributed by atoms with van der Waals surface area (Å²) in [7, 11) is 0. The zero-order valence-corrected chi connectivity index (χ0v) is 17.3. The van der Waals surface area contributed by atoms with Crippen LogP contribution in [0.4, 0.5) is 14.5 Å². The molecule has 0 aliphatic rings. The molecule has 6 N–H and O–H groups in total. The zero-order chi connectivity index (χ0) is 22.1. The van der Waals surface area contributed by atoms with Gasteiger partial charge in [-0.2, -0.15) is 0 Å². The van der Waals surface area contributed by atoms with Crippen molar-refractivity contribution in [3.8, 4) is 11.1 Å². The molecular weight excluding hydrogens is 398 g/mol. The van der Waals surface area contributed by atoms with E-state index in [2.05, 4.69) is 27.2 Å². The van der Waals surface area contributed by atoms with E-state index >= 15 is 0 Å². The van der Waals surface area contributed by atoms with Gasteiger partial charge in [-0.3, -0.25) is 10.4 Å². The molecule has 0 radical (unpaired) electrons. The monoisotopic (exact) mass is 421 g/mol. The molecule has 4 aromatic rings. The minimum Gasteiger partial charge on any atom is -0.398 e. The first kappa shape index (κ1) is 20.6. The predicted octanol–water partition coefficient (Wildman–Crippen LogP) is 2.50. The van der Waals surface area contributed by atoms with Crippen LogP contribution < -0.4 is 16.5 Å². The second-order valence-electron chi connectivity index (χ2n) is 7.34. The molecule has 31 heavy (non-hydrogen) atoms. The van der Waals surface area contributed by atoms with Gasteiger partial charge in [0.25, 0.3) is 0 Å². The van der Waals surface area contributed by atoms with Gasteiger partial charge >= 0.3 is 0 Å². The molecule has 2 heterocycles. The smallest absolute Gasteiger partial charge is 0.249 e. The van der Waals surface area contributed by atoms with E-state index in [0.29, 0.717) is 11.3 Å². The van der Waals surface area contributed by atoms with Gasteiger partial charge in [-0.05, 0) is 48.4 Å². The van der Waals surface area contributed by atoms with Crippen molar-refractivity contribution in [3.05, 3.63) is 76.9 Å². The lowest BCUT2D eigenvalue weighted by atomic mass is 9.95. The summed E-state index contributed by atoms with van der Waals surface area (Å²) < 4.78 is 27.6. The van der Waals surface area contributed by atoms with Crippen LogP contribution in [0.25, 0.3) is 22.2 Å². The van der Waals surface area contributed by atoms with Gasteiger partial charge in [0.2, 0.25) is 11.5 Å². The second kappa shape index (κ2) is 8.23. The van der Waals surface area contributed by atoms with Gasteiger partial charge in [-0.15, -0.1) is 0 Å². The summed E-state index contributed by atoms with van der Waals surface area (Å²) in [5.74, 6) is -1.23. The van der Waals surface area contributed by atoms with Crippen molar-refractivity contribution in [2.75, 3.05) is 12.3 Å². The quantitative estimate of drug-likeness (QED) is 0.284. The predicted molar refractivity (Wildman–Crippen MR) is 117 cm³/mol. The molecule has 2 aromatic carbocycles. The van der Waals surface area contributed by atoms with Gasteiger partial charge in [0.15, 0.2) is 5.82 Å². The highest BCUT2D eigenvalue weighted by Crippen LogP contribution is 2.28.